The van der Waals surface area contributed by atoms with E-state index in [4.69, 9.17) is 13.9 Å². The summed E-state index contributed by atoms with van der Waals surface area (Å²) in [5.74, 6) is 1.95. The fourth-order valence-electron chi connectivity index (χ4n) is 4.06. The Kier molecular flexibility index (Phi) is 6.01. The minimum absolute atomic E-state index is 0.104. The van der Waals surface area contributed by atoms with E-state index in [2.05, 4.69) is 4.98 Å². The fourth-order valence-corrected chi connectivity index (χ4v) is 5.50. The average molecular weight is 484 g/mol. The van der Waals surface area contributed by atoms with Crippen LogP contribution in [0.1, 0.15) is 11.5 Å². The first-order valence-electron chi connectivity index (χ1n) is 11.1. The Hall–Kier alpha value is -3.37. The molecule has 0 spiro atoms. The van der Waals surface area contributed by atoms with E-state index in [0.717, 1.165) is 5.56 Å². The number of benzene rings is 2. The molecule has 9 nitrogen and oxygen atoms in total. The maximum absolute atomic E-state index is 13.1. The summed E-state index contributed by atoms with van der Waals surface area (Å²) in [5.41, 5.74) is 1.44. The molecule has 1 fully saturated rings. The molecule has 0 atom stereocenters. The summed E-state index contributed by atoms with van der Waals surface area (Å²) >= 11 is 0. The molecule has 10 heteroatoms. The summed E-state index contributed by atoms with van der Waals surface area (Å²) in [7, 11) is -3.71. The van der Waals surface area contributed by atoms with Crippen molar-refractivity contribution in [3.63, 3.8) is 0 Å². The molecule has 0 aliphatic carbocycles. The predicted octanol–water partition coefficient (Wildman–Crippen LogP) is 2.50. The van der Waals surface area contributed by atoms with Crippen LogP contribution in [-0.4, -0.2) is 67.9 Å². The number of sulfonamides is 1. The minimum atomic E-state index is -3.71. The lowest BCUT2D eigenvalue weighted by molar-refractivity contribution is -0.131. The number of aromatic nitrogens is 1. The van der Waals surface area contributed by atoms with Crippen molar-refractivity contribution in [3.05, 3.63) is 60.0 Å². The third kappa shape index (κ3) is 4.38. The Balaban J connectivity index is 1.22. The second-order valence-electron chi connectivity index (χ2n) is 8.16. The molecular formula is C24H25N3O6S. The summed E-state index contributed by atoms with van der Waals surface area (Å²) in [6.45, 7) is 3.67. The van der Waals surface area contributed by atoms with E-state index >= 15 is 0 Å². The Morgan fingerprint density at radius 3 is 2.41 bits per heavy atom. The third-order valence-electron chi connectivity index (χ3n) is 5.97. The highest BCUT2D eigenvalue weighted by atomic mass is 32.2. The van der Waals surface area contributed by atoms with Gasteiger partial charge in [-0.25, -0.2) is 13.4 Å². The largest absolute Gasteiger partial charge is 0.486 e. The number of ether oxygens (including phenoxy) is 2. The topological polar surface area (TPSA) is 102 Å². The molecule has 1 aromatic heterocycles. The van der Waals surface area contributed by atoms with Crippen molar-refractivity contribution in [1.82, 2.24) is 14.2 Å². The maximum Gasteiger partial charge on any atom is 0.243 e. The number of nitrogens with zero attached hydrogens (tertiary/aromatic N) is 3. The summed E-state index contributed by atoms with van der Waals surface area (Å²) in [4.78, 5) is 19.2. The van der Waals surface area contributed by atoms with Crippen molar-refractivity contribution in [3.8, 4) is 23.0 Å². The van der Waals surface area contributed by atoms with E-state index in [9.17, 15) is 13.2 Å². The lowest BCUT2D eigenvalue weighted by Crippen LogP contribution is -2.50. The molecule has 0 unspecified atom stereocenters. The van der Waals surface area contributed by atoms with E-state index in [1.54, 1.807) is 17.9 Å². The van der Waals surface area contributed by atoms with Gasteiger partial charge in [0.2, 0.25) is 21.8 Å². The number of piperazine rings is 1. The van der Waals surface area contributed by atoms with Crippen molar-refractivity contribution in [2.45, 2.75) is 18.2 Å². The molecule has 5 rings (SSSR count). The zero-order valence-corrected chi connectivity index (χ0v) is 19.6. The number of hydrogen-bond acceptors (Lipinski definition) is 7. The Labute approximate surface area is 198 Å². The predicted molar refractivity (Wildman–Crippen MR) is 123 cm³/mol. The molecule has 0 bridgehead atoms. The molecule has 2 aliphatic heterocycles. The van der Waals surface area contributed by atoms with Crippen molar-refractivity contribution in [2.24, 2.45) is 0 Å². The summed E-state index contributed by atoms with van der Waals surface area (Å²) in [6.07, 6.45) is 0.108. The smallest absolute Gasteiger partial charge is 0.243 e. The van der Waals surface area contributed by atoms with Crippen LogP contribution in [0.5, 0.6) is 11.5 Å². The molecule has 2 aliphatic rings. The zero-order chi connectivity index (χ0) is 23.7. The van der Waals surface area contributed by atoms with Crippen molar-refractivity contribution < 1.29 is 27.1 Å². The summed E-state index contributed by atoms with van der Waals surface area (Å²) in [5, 5.41) is 0. The van der Waals surface area contributed by atoms with Crippen molar-refractivity contribution in [1.29, 1.82) is 0 Å². The SMILES string of the molecule is Cc1oc(-c2ccccc2)nc1CC(=O)N1CCN(S(=O)(=O)c2ccc3c(c2)OCCO3)CC1. The monoisotopic (exact) mass is 483 g/mol. The highest BCUT2D eigenvalue weighted by Gasteiger charge is 2.31. The van der Waals surface area contributed by atoms with Crippen LogP contribution in [0.2, 0.25) is 0 Å². The quantitative estimate of drug-likeness (QED) is 0.549. The molecule has 0 N–H and O–H groups in total. The van der Waals surface area contributed by atoms with Gasteiger partial charge >= 0.3 is 0 Å². The number of carbonyl (C=O) groups excluding carboxylic acids is 1. The van der Waals surface area contributed by atoms with Gasteiger partial charge in [0, 0.05) is 37.8 Å². The van der Waals surface area contributed by atoms with Crippen LogP contribution in [0.4, 0.5) is 0 Å². The van der Waals surface area contributed by atoms with Crippen LogP contribution < -0.4 is 9.47 Å². The number of oxazole rings is 1. The first-order valence-corrected chi connectivity index (χ1v) is 12.5. The van der Waals surface area contributed by atoms with Gasteiger partial charge in [0.25, 0.3) is 0 Å². The molecule has 2 aromatic carbocycles. The van der Waals surface area contributed by atoms with E-state index in [1.807, 2.05) is 30.3 Å². The van der Waals surface area contributed by atoms with Gasteiger partial charge in [-0.2, -0.15) is 4.31 Å². The highest BCUT2D eigenvalue weighted by Crippen LogP contribution is 2.33. The molecule has 34 heavy (non-hydrogen) atoms. The number of hydrogen-bond donors (Lipinski definition) is 0. The first kappa shape index (κ1) is 22.4. The molecule has 1 saturated heterocycles. The Morgan fingerprint density at radius 1 is 0.971 bits per heavy atom. The van der Waals surface area contributed by atoms with E-state index in [1.165, 1.54) is 16.4 Å². The minimum Gasteiger partial charge on any atom is -0.486 e. The van der Waals surface area contributed by atoms with Gasteiger partial charge in [-0.05, 0) is 31.2 Å². The number of amides is 1. The first-order chi connectivity index (χ1) is 16.4. The van der Waals surface area contributed by atoms with E-state index in [-0.39, 0.29) is 30.3 Å². The second-order valence-corrected chi connectivity index (χ2v) is 10.1. The number of rotatable bonds is 5. The lowest BCUT2D eigenvalue weighted by atomic mass is 10.2. The van der Waals surface area contributed by atoms with Crippen molar-refractivity contribution in [2.75, 3.05) is 39.4 Å². The molecule has 0 radical (unpaired) electrons. The normalized spacial score (nSPS) is 16.4. The Bertz CT molecular complexity index is 1300. The number of carbonyl (C=O) groups is 1. The highest BCUT2D eigenvalue weighted by molar-refractivity contribution is 7.89. The van der Waals surface area contributed by atoms with Gasteiger partial charge in [-0.1, -0.05) is 18.2 Å². The van der Waals surface area contributed by atoms with Crippen LogP contribution in [-0.2, 0) is 21.2 Å². The summed E-state index contributed by atoms with van der Waals surface area (Å²) in [6, 6.07) is 14.2. The Morgan fingerprint density at radius 2 is 1.68 bits per heavy atom. The number of fused-ring (bicyclic) bond motifs is 1. The average Bonchev–Trinajstić information content (AvgIpc) is 3.24. The van der Waals surface area contributed by atoms with Crippen LogP contribution >= 0.6 is 0 Å². The van der Waals surface area contributed by atoms with E-state index < -0.39 is 10.0 Å². The number of aryl methyl sites for hydroxylation is 1. The van der Waals surface area contributed by atoms with Gasteiger partial charge < -0.3 is 18.8 Å². The molecule has 3 aromatic rings. The fraction of sp³-hybridized carbons (Fsp3) is 0.333. The van der Waals surface area contributed by atoms with Crippen LogP contribution in [0.15, 0.2) is 57.8 Å². The molecule has 3 heterocycles. The van der Waals surface area contributed by atoms with Crippen LogP contribution in [0.3, 0.4) is 0 Å². The van der Waals surface area contributed by atoms with Crippen LogP contribution in [0.25, 0.3) is 11.5 Å². The maximum atomic E-state index is 13.1. The summed E-state index contributed by atoms with van der Waals surface area (Å²) < 4.78 is 44.4. The van der Waals surface area contributed by atoms with Gasteiger partial charge in [-0.3, -0.25) is 4.79 Å². The molecular weight excluding hydrogens is 458 g/mol. The van der Waals surface area contributed by atoms with Crippen LogP contribution in [0, 0.1) is 6.92 Å². The van der Waals surface area contributed by atoms with Gasteiger partial charge in [0.15, 0.2) is 11.5 Å². The molecule has 1 amide bonds. The van der Waals surface area contributed by atoms with Crippen molar-refractivity contribution >= 4 is 15.9 Å². The van der Waals surface area contributed by atoms with E-state index in [0.29, 0.717) is 55.1 Å². The van der Waals surface area contributed by atoms with Gasteiger partial charge in [0.05, 0.1) is 17.0 Å². The molecule has 0 saturated carbocycles. The third-order valence-corrected chi connectivity index (χ3v) is 7.87. The van der Waals surface area contributed by atoms with Gasteiger partial charge in [-0.15, -0.1) is 0 Å². The van der Waals surface area contributed by atoms with Gasteiger partial charge in [0.1, 0.15) is 19.0 Å². The standard InChI is InChI=1S/C24H25N3O6S/c1-17-20(25-24(33-17)18-5-3-2-4-6-18)16-23(28)26-9-11-27(12-10-26)34(29,30)19-7-8-21-22(15-19)32-14-13-31-21/h2-8,15H,9-14,16H2,1H3. The lowest BCUT2D eigenvalue weighted by Gasteiger charge is -2.34. The second kappa shape index (κ2) is 9.11. The molecule has 178 valence electrons. The zero-order valence-electron chi connectivity index (χ0n) is 18.8.